The Kier molecular flexibility index (Phi) is 5.84. The number of benzene rings is 7. The standard InChI is InChI=1S/C44H29N3O/c1-3-13-30(14-4-1)37-29-45(31-15-5-2-6-16-31)43-36(37)28-27-35-34-17-7-8-18-38(34)47(44(35)43)33-25-23-32(24-26-33)46-39-19-9-11-21-41(39)48-42-22-12-10-20-40(42)46/h1-29H. The quantitative estimate of drug-likeness (QED) is 0.197. The molecule has 0 unspecified atom stereocenters. The van der Waals surface area contributed by atoms with Crippen molar-refractivity contribution in [2.24, 2.45) is 0 Å². The van der Waals surface area contributed by atoms with Crippen molar-refractivity contribution in [1.29, 1.82) is 0 Å². The predicted octanol–water partition coefficient (Wildman–Crippen LogP) is 12.0. The first kappa shape index (κ1) is 26.7. The summed E-state index contributed by atoms with van der Waals surface area (Å²) in [5, 5.41) is 3.68. The maximum absolute atomic E-state index is 6.28. The van der Waals surface area contributed by atoms with E-state index in [2.05, 4.69) is 166 Å². The zero-order valence-electron chi connectivity index (χ0n) is 26.0. The average molecular weight is 616 g/mol. The summed E-state index contributed by atoms with van der Waals surface area (Å²) < 4.78 is 11.1. The van der Waals surface area contributed by atoms with Crippen molar-refractivity contribution < 1.29 is 4.74 Å². The largest absolute Gasteiger partial charge is 0.453 e. The van der Waals surface area contributed by atoms with E-state index in [1.807, 2.05) is 24.3 Å². The Labute approximate surface area is 277 Å². The molecule has 0 radical (unpaired) electrons. The van der Waals surface area contributed by atoms with Gasteiger partial charge in [0.05, 0.1) is 27.9 Å². The van der Waals surface area contributed by atoms with E-state index in [1.54, 1.807) is 0 Å². The number of aromatic nitrogens is 2. The van der Waals surface area contributed by atoms with Crippen molar-refractivity contribution in [2.75, 3.05) is 4.90 Å². The molecular weight excluding hydrogens is 587 g/mol. The molecule has 0 amide bonds. The molecule has 0 fully saturated rings. The highest BCUT2D eigenvalue weighted by molar-refractivity contribution is 6.20. The highest BCUT2D eigenvalue weighted by Gasteiger charge is 2.26. The van der Waals surface area contributed by atoms with Crippen LogP contribution in [0.1, 0.15) is 0 Å². The summed E-state index contributed by atoms with van der Waals surface area (Å²) in [6, 6.07) is 60.1. The third-order valence-electron chi connectivity index (χ3n) is 9.52. The van der Waals surface area contributed by atoms with Gasteiger partial charge in [0, 0.05) is 45.0 Å². The van der Waals surface area contributed by atoms with Gasteiger partial charge >= 0.3 is 0 Å². The molecule has 4 nitrogen and oxygen atoms in total. The van der Waals surface area contributed by atoms with E-state index in [9.17, 15) is 0 Å². The Morgan fingerprint density at radius 3 is 1.71 bits per heavy atom. The molecule has 0 saturated carbocycles. The van der Waals surface area contributed by atoms with Gasteiger partial charge in [0.2, 0.25) is 0 Å². The number of fused-ring (bicyclic) bond motifs is 7. The molecule has 0 saturated heterocycles. The molecule has 7 aromatic carbocycles. The molecular formula is C44H29N3O. The first-order valence-corrected chi connectivity index (χ1v) is 16.3. The smallest absolute Gasteiger partial charge is 0.151 e. The van der Waals surface area contributed by atoms with Crippen molar-refractivity contribution in [2.45, 2.75) is 0 Å². The minimum absolute atomic E-state index is 0.848. The van der Waals surface area contributed by atoms with Crippen molar-refractivity contribution in [3.05, 3.63) is 176 Å². The monoisotopic (exact) mass is 615 g/mol. The number of anilines is 3. The Balaban J connectivity index is 1.23. The Morgan fingerprint density at radius 2 is 0.979 bits per heavy atom. The summed E-state index contributed by atoms with van der Waals surface area (Å²) in [6.45, 7) is 0. The fourth-order valence-electron chi connectivity index (χ4n) is 7.41. The van der Waals surface area contributed by atoms with Crippen molar-refractivity contribution >= 4 is 49.8 Å². The Bertz CT molecular complexity index is 2590. The van der Waals surface area contributed by atoms with Gasteiger partial charge in [-0.05, 0) is 72.3 Å². The number of hydrogen-bond donors (Lipinski definition) is 0. The minimum Gasteiger partial charge on any atom is -0.453 e. The van der Waals surface area contributed by atoms with Gasteiger partial charge in [0.25, 0.3) is 0 Å². The van der Waals surface area contributed by atoms with Crippen molar-refractivity contribution in [1.82, 2.24) is 9.13 Å². The van der Waals surface area contributed by atoms with Crippen LogP contribution < -0.4 is 9.64 Å². The SMILES string of the molecule is c1ccc(-c2cn(-c3ccccc3)c3c2ccc2c4ccccc4n(-c4ccc(N5c6ccccc6Oc6ccccc65)cc4)c23)cc1. The van der Waals surface area contributed by atoms with Crippen LogP contribution in [0.5, 0.6) is 11.5 Å². The van der Waals surface area contributed by atoms with Crippen molar-refractivity contribution in [3.63, 3.8) is 0 Å². The molecule has 2 aromatic heterocycles. The molecule has 48 heavy (non-hydrogen) atoms. The summed E-state index contributed by atoms with van der Waals surface area (Å²) in [5.41, 5.74) is 11.3. The number of hydrogen-bond acceptors (Lipinski definition) is 2. The van der Waals surface area contributed by atoms with Gasteiger partial charge in [0.1, 0.15) is 0 Å². The molecule has 3 heterocycles. The van der Waals surface area contributed by atoms with E-state index < -0.39 is 0 Å². The molecule has 4 heteroatoms. The Hall–Kier alpha value is -6.52. The van der Waals surface area contributed by atoms with Crippen molar-refractivity contribution in [3.8, 4) is 34.0 Å². The van der Waals surface area contributed by atoms with Crippen LogP contribution >= 0.6 is 0 Å². The molecule has 226 valence electrons. The number of nitrogens with zero attached hydrogens (tertiary/aromatic N) is 3. The highest BCUT2D eigenvalue weighted by Crippen LogP contribution is 2.50. The zero-order chi connectivity index (χ0) is 31.6. The van der Waals surface area contributed by atoms with Crippen LogP contribution in [0.3, 0.4) is 0 Å². The third kappa shape index (κ3) is 3.96. The summed E-state index contributed by atoms with van der Waals surface area (Å²) in [7, 11) is 0. The van der Waals surface area contributed by atoms with Crippen LogP contribution in [0.2, 0.25) is 0 Å². The fourth-order valence-corrected chi connectivity index (χ4v) is 7.41. The topological polar surface area (TPSA) is 22.3 Å². The van der Waals surface area contributed by atoms with Crippen LogP contribution in [0.4, 0.5) is 17.1 Å². The normalized spacial score (nSPS) is 12.3. The van der Waals surface area contributed by atoms with Crippen LogP contribution in [0.15, 0.2) is 176 Å². The first-order chi connectivity index (χ1) is 23.8. The number of ether oxygens (including phenoxy) is 1. The second-order valence-electron chi connectivity index (χ2n) is 12.2. The maximum Gasteiger partial charge on any atom is 0.151 e. The summed E-state index contributed by atoms with van der Waals surface area (Å²) in [4.78, 5) is 2.29. The maximum atomic E-state index is 6.28. The van der Waals surface area contributed by atoms with Crippen LogP contribution in [0.25, 0.3) is 55.2 Å². The molecule has 0 spiro atoms. The van der Waals surface area contributed by atoms with E-state index in [0.29, 0.717) is 0 Å². The molecule has 10 rings (SSSR count). The second kappa shape index (κ2) is 10.5. The van der Waals surface area contributed by atoms with Gasteiger partial charge in [-0.3, -0.25) is 0 Å². The highest BCUT2D eigenvalue weighted by atomic mass is 16.5. The van der Waals surface area contributed by atoms with E-state index in [-0.39, 0.29) is 0 Å². The third-order valence-corrected chi connectivity index (χ3v) is 9.52. The molecule has 0 N–H and O–H groups in total. The molecule has 1 aliphatic heterocycles. The van der Waals surface area contributed by atoms with Gasteiger partial charge in [-0.25, -0.2) is 0 Å². The van der Waals surface area contributed by atoms with Crippen LogP contribution in [-0.2, 0) is 0 Å². The lowest BCUT2D eigenvalue weighted by Gasteiger charge is -2.32. The lowest BCUT2D eigenvalue weighted by molar-refractivity contribution is 0.477. The lowest BCUT2D eigenvalue weighted by Crippen LogP contribution is -2.15. The molecule has 0 bridgehead atoms. The average Bonchev–Trinajstić information content (AvgIpc) is 3.71. The van der Waals surface area contributed by atoms with E-state index in [0.717, 1.165) is 39.9 Å². The minimum atomic E-state index is 0.848. The molecule has 0 aliphatic carbocycles. The summed E-state index contributed by atoms with van der Waals surface area (Å²) in [6.07, 6.45) is 2.30. The van der Waals surface area contributed by atoms with Gasteiger partial charge in [-0.1, -0.05) is 103 Å². The predicted molar refractivity (Wildman–Crippen MR) is 198 cm³/mol. The Morgan fingerprint density at radius 1 is 0.396 bits per heavy atom. The van der Waals surface area contributed by atoms with E-state index in [4.69, 9.17) is 4.74 Å². The van der Waals surface area contributed by atoms with Crippen LogP contribution in [0, 0.1) is 0 Å². The van der Waals surface area contributed by atoms with Gasteiger partial charge in [-0.15, -0.1) is 0 Å². The fraction of sp³-hybridized carbons (Fsp3) is 0. The summed E-state index contributed by atoms with van der Waals surface area (Å²) >= 11 is 0. The molecule has 9 aromatic rings. The lowest BCUT2D eigenvalue weighted by atomic mass is 10.0. The number of rotatable bonds is 4. The van der Waals surface area contributed by atoms with E-state index in [1.165, 1.54) is 43.8 Å². The van der Waals surface area contributed by atoms with Gasteiger partial charge in [-0.2, -0.15) is 0 Å². The van der Waals surface area contributed by atoms with Gasteiger partial charge in [0.15, 0.2) is 11.5 Å². The second-order valence-corrected chi connectivity index (χ2v) is 12.2. The van der Waals surface area contributed by atoms with Crippen LogP contribution in [-0.4, -0.2) is 9.13 Å². The van der Waals surface area contributed by atoms with Gasteiger partial charge < -0.3 is 18.8 Å². The number of para-hydroxylation sites is 6. The first-order valence-electron chi connectivity index (χ1n) is 16.3. The summed E-state index contributed by atoms with van der Waals surface area (Å²) in [5.74, 6) is 1.70. The van der Waals surface area contributed by atoms with E-state index >= 15 is 0 Å². The zero-order valence-corrected chi connectivity index (χ0v) is 26.0. The molecule has 0 atom stereocenters. The molecule has 1 aliphatic rings.